The molecule has 1 rings (SSSR count). The minimum Gasteiger partial charge on any atom is -0.383 e. The van der Waals surface area contributed by atoms with Crippen LogP contribution in [0.3, 0.4) is 0 Å². The lowest BCUT2D eigenvalue weighted by atomic mass is 10.2. The highest BCUT2D eigenvalue weighted by Crippen LogP contribution is 2.12. The van der Waals surface area contributed by atoms with E-state index in [0.717, 1.165) is 31.2 Å². The van der Waals surface area contributed by atoms with Crippen molar-refractivity contribution >= 4 is 40.0 Å². The molecule has 0 bridgehead atoms. The first-order chi connectivity index (χ1) is 14.2. The monoisotopic (exact) mass is 569 g/mol. The molecule has 3 N–H and O–H groups in total. The SMILES string of the molecule is CCNC(=NCc1cccc(S(=O)(=O)NCCOC)c1)NCCN(C(C)C)C(C)C.I. The summed E-state index contributed by atoms with van der Waals surface area (Å²) < 4.78 is 32.2. The van der Waals surface area contributed by atoms with Gasteiger partial charge in [-0.05, 0) is 52.3 Å². The van der Waals surface area contributed by atoms with Gasteiger partial charge in [0.1, 0.15) is 0 Å². The summed E-state index contributed by atoms with van der Waals surface area (Å²) >= 11 is 0. The van der Waals surface area contributed by atoms with E-state index >= 15 is 0 Å². The van der Waals surface area contributed by atoms with E-state index in [0.29, 0.717) is 25.2 Å². The summed E-state index contributed by atoms with van der Waals surface area (Å²) in [4.78, 5) is 7.26. The first-order valence-electron chi connectivity index (χ1n) is 10.6. The summed E-state index contributed by atoms with van der Waals surface area (Å²) in [6.07, 6.45) is 0. The number of methoxy groups -OCH3 is 1. The number of halogens is 1. The molecule has 0 spiro atoms. The van der Waals surface area contributed by atoms with Crippen LogP contribution >= 0.6 is 24.0 Å². The van der Waals surface area contributed by atoms with E-state index in [9.17, 15) is 8.42 Å². The van der Waals surface area contributed by atoms with Crippen LogP contribution in [0.15, 0.2) is 34.2 Å². The van der Waals surface area contributed by atoms with Crippen LogP contribution in [0, 0.1) is 0 Å². The molecule has 0 aliphatic carbocycles. The molecule has 180 valence electrons. The Labute approximate surface area is 205 Å². The minimum absolute atomic E-state index is 0. The van der Waals surface area contributed by atoms with E-state index < -0.39 is 10.0 Å². The van der Waals surface area contributed by atoms with Crippen LogP contribution in [0.5, 0.6) is 0 Å². The largest absolute Gasteiger partial charge is 0.383 e. The molecule has 0 unspecified atom stereocenters. The Morgan fingerprint density at radius 1 is 1.13 bits per heavy atom. The summed E-state index contributed by atoms with van der Waals surface area (Å²) in [5.41, 5.74) is 0.827. The van der Waals surface area contributed by atoms with Gasteiger partial charge in [-0.2, -0.15) is 0 Å². The van der Waals surface area contributed by atoms with E-state index in [-0.39, 0.29) is 35.4 Å². The molecular weight excluding hydrogens is 529 g/mol. The van der Waals surface area contributed by atoms with Gasteiger partial charge in [-0.1, -0.05) is 12.1 Å². The van der Waals surface area contributed by atoms with Gasteiger partial charge in [-0.25, -0.2) is 18.1 Å². The van der Waals surface area contributed by atoms with Crippen LogP contribution < -0.4 is 15.4 Å². The van der Waals surface area contributed by atoms with Crippen molar-refractivity contribution in [2.45, 2.75) is 58.1 Å². The predicted octanol–water partition coefficient (Wildman–Crippen LogP) is 2.40. The first-order valence-corrected chi connectivity index (χ1v) is 12.0. The van der Waals surface area contributed by atoms with E-state index in [1.165, 1.54) is 7.11 Å². The van der Waals surface area contributed by atoms with Gasteiger partial charge >= 0.3 is 0 Å². The number of sulfonamides is 1. The van der Waals surface area contributed by atoms with Crippen molar-refractivity contribution in [3.05, 3.63) is 29.8 Å². The smallest absolute Gasteiger partial charge is 0.240 e. The molecular formula is C21H40IN5O3S. The number of nitrogens with zero attached hydrogens (tertiary/aromatic N) is 2. The summed E-state index contributed by atoms with van der Waals surface area (Å²) in [6.45, 7) is 14.2. The van der Waals surface area contributed by atoms with Crippen LogP contribution in [0.4, 0.5) is 0 Å². The maximum absolute atomic E-state index is 12.4. The lowest BCUT2D eigenvalue weighted by Gasteiger charge is -2.30. The van der Waals surface area contributed by atoms with Crippen molar-refractivity contribution < 1.29 is 13.2 Å². The van der Waals surface area contributed by atoms with E-state index in [4.69, 9.17) is 4.74 Å². The summed E-state index contributed by atoms with van der Waals surface area (Å²) in [6, 6.07) is 7.81. The number of rotatable bonds is 13. The van der Waals surface area contributed by atoms with Crippen molar-refractivity contribution in [2.24, 2.45) is 4.99 Å². The molecule has 0 heterocycles. The molecule has 0 saturated carbocycles. The molecule has 1 aromatic carbocycles. The molecule has 0 aromatic heterocycles. The highest BCUT2D eigenvalue weighted by Gasteiger charge is 2.14. The average molecular weight is 570 g/mol. The zero-order valence-corrected chi connectivity index (χ0v) is 22.8. The van der Waals surface area contributed by atoms with Gasteiger partial charge in [0.15, 0.2) is 5.96 Å². The highest BCUT2D eigenvalue weighted by molar-refractivity contribution is 14.0. The van der Waals surface area contributed by atoms with Gasteiger partial charge in [0.25, 0.3) is 0 Å². The van der Waals surface area contributed by atoms with E-state index in [1.807, 2.05) is 13.0 Å². The van der Waals surface area contributed by atoms with Gasteiger partial charge in [0.05, 0.1) is 18.0 Å². The molecule has 1 aromatic rings. The molecule has 0 amide bonds. The molecule has 0 radical (unpaired) electrons. The Balaban J connectivity index is 0.00000900. The third-order valence-corrected chi connectivity index (χ3v) is 6.02. The Morgan fingerprint density at radius 2 is 1.81 bits per heavy atom. The number of aliphatic imine (C=N–C) groups is 1. The quantitative estimate of drug-likeness (QED) is 0.146. The van der Waals surface area contributed by atoms with Crippen LogP contribution in [0.25, 0.3) is 0 Å². The fourth-order valence-corrected chi connectivity index (χ4v) is 4.18. The zero-order chi connectivity index (χ0) is 22.6. The number of hydrogen-bond acceptors (Lipinski definition) is 5. The summed E-state index contributed by atoms with van der Waals surface area (Å²) in [7, 11) is -2.03. The third-order valence-electron chi connectivity index (χ3n) is 4.56. The molecule has 0 fully saturated rings. The van der Waals surface area contributed by atoms with Gasteiger partial charge < -0.3 is 15.4 Å². The van der Waals surface area contributed by atoms with Crippen LogP contribution in [0.2, 0.25) is 0 Å². The molecule has 8 nitrogen and oxygen atoms in total. The maximum Gasteiger partial charge on any atom is 0.240 e. The third kappa shape index (κ3) is 11.5. The Hall–Kier alpha value is -0.950. The van der Waals surface area contributed by atoms with Gasteiger partial charge in [-0.15, -0.1) is 24.0 Å². The Kier molecular flexibility index (Phi) is 15.3. The topological polar surface area (TPSA) is 95.1 Å². The number of hydrogen-bond donors (Lipinski definition) is 3. The van der Waals surface area contributed by atoms with Crippen molar-refractivity contribution in [1.29, 1.82) is 0 Å². The number of guanidine groups is 1. The first kappa shape index (κ1) is 30.0. The van der Waals surface area contributed by atoms with Gasteiger partial charge in [0.2, 0.25) is 10.0 Å². The van der Waals surface area contributed by atoms with Crippen molar-refractivity contribution in [3.63, 3.8) is 0 Å². The molecule has 0 atom stereocenters. The molecule has 0 aliphatic rings. The van der Waals surface area contributed by atoms with Crippen LogP contribution in [0.1, 0.15) is 40.2 Å². The standard InChI is InChI=1S/C21H39N5O3S.HI/c1-7-22-21(23-11-13-26(17(2)3)18(4)5)24-16-19-9-8-10-20(15-19)30(27,28)25-12-14-29-6;/h8-10,15,17-18,25H,7,11-14,16H2,1-6H3,(H2,22,23,24);1H. The lowest BCUT2D eigenvalue weighted by Crippen LogP contribution is -2.45. The second kappa shape index (κ2) is 15.8. The number of ether oxygens (including phenoxy) is 1. The highest BCUT2D eigenvalue weighted by atomic mass is 127. The molecule has 31 heavy (non-hydrogen) atoms. The van der Waals surface area contributed by atoms with Crippen molar-refractivity contribution in [3.8, 4) is 0 Å². The second-order valence-corrected chi connectivity index (χ2v) is 9.35. The minimum atomic E-state index is -3.56. The molecule has 0 saturated heterocycles. The van der Waals surface area contributed by atoms with Crippen molar-refractivity contribution in [2.75, 3.05) is 39.9 Å². The normalized spacial score (nSPS) is 12.4. The van der Waals surface area contributed by atoms with Crippen LogP contribution in [-0.4, -0.2) is 71.3 Å². The van der Waals surface area contributed by atoms with E-state index in [1.54, 1.807) is 18.2 Å². The van der Waals surface area contributed by atoms with Crippen molar-refractivity contribution in [1.82, 2.24) is 20.3 Å². The lowest BCUT2D eigenvalue weighted by molar-refractivity contribution is 0.178. The fourth-order valence-electron chi connectivity index (χ4n) is 3.10. The summed E-state index contributed by atoms with van der Waals surface area (Å²) in [5.74, 6) is 0.719. The Morgan fingerprint density at radius 3 is 2.39 bits per heavy atom. The zero-order valence-electron chi connectivity index (χ0n) is 19.6. The number of benzene rings is 1. The predicted molar refractivity (Wildman–Crippen MR) is 139 cm³/mol. The number of nitrogens with one attached hydrogen (secondary N) is 3. The summed E-state index contributed by atoms with van der Waals surface area (Å²) in [5, 5.41) is 6.60. The second-order valence-electron chi connectivity index (χ2n) is 7.59. The van der Waals surface area contributed by atoms with Gasteiger partial charge in [-0.3, -0.25) is 4.90 Å². The van der Waals surface area contributed by atoms with Gasteiger partial charge in [0, 0.05) is 45.4 Å². The van der Waals surface area contributed by atoms with E-state index in [2.05, 4.69) is 52.9 Å². The Bertz CT molecular complexity index is 749. The molecule has 10 heteroatoms. The maximum atomic E-state index is 12.4. The molecule has 0 aliphatic heterocycles. The van der Waals surface area contributed by atoms with Crippen LogP contribution in [-0.2, 0) is 21.3 Å². The average Bonchev–Trinajstić information content (AvgIpc) is 2.69. The fraction of sp³-hybridized carbons (Fsp3) is 0.667.